The predicted molar refractivity (Wildman–Crippen MR) is 75.4 cm³/mol. The number of rotatable bonds is 5. The van der Waals surface area contributed by atoms with E-state index in [1.807, 2.05) is 12.4 Å². The normalized spacial score (nSPS) is 24.4. The van der Waals surface area contributed by atoms with Crippen LogP contribution in [0.5, 0.6) is 0 Å². The Morgan fingerprint density at radius 3 is 2.72 bits per heavy atom. The molecule has 1 saturated carbocycles. The van der Waals surface area contributed by atoms with Crippen molar-refractivity contribution in [3.05, 3.63) is 30.1 Å². The molecule has 3 nitrogen and oxygen atoms in total. The fraction of sp³-hybridized carbons (Fsp3) is 0.667. The second-order valence-corrected chi connectivity index (χ2v) is 5.58. The van der Waals surface area contributed by atoms with E-state index in [1.165, 1.54) is 31.2 Å². The highest BCUT2D eigenvalue weighted by Gasteiger charge is 2.22. The fourth-order valence-electron chi connectivity index (χ4n) is 2.82. The van der Waals surface area contributed by atoms with Gasteiger partial charge >= 0.3 is 0 Å². The van der Waals surface area contributed by atoms with E-state index in [1.54, 1.807) is 0 Å². The zero-order chi connectivity index (χ0) is 12.8. The molecular weight excluding hydrogens is 222 g/mol. The molecule has 0 spiro atoms. The summed E-state index contributed by atoms with van der Waals surface area (Å²) in [5.74, 6) is 0.696. The first-order valence-electron chi connectivity index (χ1n) is 7.09. The first-order chi connectivity index (χ1) is 8.75. The number of pyridine rings is 1. The summed E-state index contributed by atoms with van der Waals surface area (Å²) in [5.41, 5.74) is 7.57. The third kappa shape index (κ3) is 4.07. The van der Waals surface area contributed by atoms with Crippen LogP contribution in [0.1, 0.15) is 31.2 Å². The molecule has 1 fully saturated rings. The Hall–Kier alpha value is -0.930. The quantitative estimate of drug-likeness (QED) is 0.866. The average Bonchev–Trinajstić information content (AvgIpc) is 2.40. The van der Waals surface area contributed by atoms with Crippen molar-refractivity contribution in [2.45, 2.75) is 38.1 Å². The van der Waals surface area contributed by atoms with Crippen molar-refractivity contribution in [2.24, 2.45) is 11.7 Å². The minimum absolute atomic E-state index is 0.419. The second kappa shape index (κ2) is 6.86. The van der Waals surface area contributed by atoms with E-state index >= 15 is 0 Å². The molecule has 0 radical (unpaired) electrons. The molecule has 100 valence electrons. The van der Waals surface area contributed by atoms with E-state index in [4.69, 9.17) is 5.73 Å². The topological polar surface area (TPSA) is 42.2 Å². The molecule has 0 saturated heterocycles. The predicted octanol–water partition coefficient (Wildman–Crippen LogP) is 2.07. The zero-order valence-electron chi connectivity index (χ0n) is 11.4. The molecule has 2 unspecified atom stereocenters. The summed E-state index contributed by atoms with van der Waals surface area (Å²) < 4.78 is 0. The third-order valence-electron chi connectivity index (χ3n) is 4.05. The summed E-state index contributed by atoms with van der Waals surface area (Å²) in [7, 11) is 2.21. The maximum atomic E-state index is 6.20. The van der Waals surface area contributed by atoms with Gasteiger partial charge in [0.05, 0.1) is 0 Å². The molecule has 1 aromatic heterocycles. The number of aromatic nitrogens is 1. The molecule has 1 heterocycles. The lowest BCUT2D eigenvalue weighted by molar-refractivity contribution is 0.212. The van der Waals surface area contributed by atoms with Gasteiger partial charge in [0.25, 0.3) is 0 Å². The van der Waals surface area contributed by atoms with Crippen LogP contribution in [0.3, 0.4) is 0 Å². The minimum atomic E-state index is 0.419. The summed E-state index contributed by atoms with van der Waals surface area (Å²) in [6.45, 7) is 2.25. The van der Waals surface area contributed by atoms with Crippen molar-refractivity contribution in [3.8, 4) is 0 Å². The third-order valence-corrected chi connectivity index (χ3v) is 4.05. The SMILES string of the molecule is CN(CCc1ccncc1)CC1CCCCC1N. The molecule has 1 aliphatic carbocycles. The highest BCUT2D eigenvalue weighted by Crippen LogP contribution is 2.23. The summed E-state index contributed by atoms with van der Waals surface area (Å²) in [5, 5.41) is 0. The molecule has 2 rings (SSSR count). The maximum Gasteiger partial charge on any atom is 0.0270 e. The Labute approximate surface area is 110 Å². The van der Waals surface area contributed by atoms with Crippen LogP contribution in [-0.2, 0) is 6.42 Å². The molecule has 2 atom stereocenters. The van der Waals surface area contributed by atoms with Gasteiger partial charge in [-0.15, -0.1) is 0 Å². The highest BCUT2D eigenvalue weighted by molar-refractivity contribution is 5.09. The Bertz CT molecular complexity index is 339. The molecular formula is C15H25N3. The lowest BCUT2D eigenvalue weighted by Gasteiger charge is -2.32. The van der Waals surface area contributed by atoms with E-state index in [0.29, 0.717) is 12.0 Å². The minimum Gasteiger partial charge on any atom is -0.327 e. The van der Waals surface area contributed by atoms with E-state index in [2.05, 4.69) is 29.1 Å². The lowest BCUT2D eigenvalue weighted by atomic mass is 9.85. The fourth-order valence-corrected chi connectivity index (χ4v) is 2.82. The van der Waals surface area contributed by atoms with Crippen LogP contribution in [0.15, 0.2) is 24.5 Å². The van der Waals surface area contributed by atoms with Gasteiger partial charge < -0.3 is 10.6 Å². The molecule has 2 N–H and O–H groups in total. The van der Waals surface area contributed by atoms with Crippen molar-refractivity contribution in [1.29, 1.82) is 0 Å². The summed E-state index contributed by atoms with van der Waals surface area (Å²) in [6, 6.07) is 4.61. The molecule has 18 heavy (non-hydrogen) atoms. The van der Waals surface area contributed by atoms with E-state index < -0.39 is 0 Å². The van der Waals surface area contributed by atoms with Crippen LogP contribution in [-0.4, -0.2) is 36.1 Å². The van der Waals surface area contributed by atoms with Gasteiger partial charge in [-0.25, -0.2) is 0 Å². The van der Waals surface area contributed by atoms with Crippen LogP contribution in [0.4, 0.5) is 0 Å². The van der Waals surface area contributed by atoms with Crippen LogP contribution in [0, 0.1) is 5.92 Å². The van der Waals surface area contributed by atoms with Crippen molar-refractivity contribution in [2.75, 3.05) is 20.1 Å². The molecule has 0 bridgehead atoms. The maximum absolute atomic E-state index is 6.20. The Morgan fingerprint density at radius 2 is 2.00 bits per heavy atom. The van der Waals surface area contributed by atoms with Gasteiger partial charge in [0.1, 0.15) is 0 Å². The van der Waals surface area contributed by atoms with Gasteiger partial charge in [-0.1, -0.05) is 12.8 Å². The Kier molecular flexibility index (Phi) is 5.14. The Morgan fingerprint density at radius 1 is 1.28 bits per heavy atom. The van der Waals surface area contributed by atoms with Crippen molar-refractivity contribution in [1.82, 2.24) is 9.88 Å². The van der Waals surface area contributed by atoms with E-state index in [-0.39, 0.29) is 0 Å². The summed E-state index contributed by atoms with van der Waals surface area (Å²) >= 11 is 0. The molecule has 1 aromatic rings. The monoisotopic (exact) mass is 247 g/mol. The second-order valence-electron chi connectivity index (χ2n) is 5.58. The Balaban J connectivity index is 1.73. The van der Waals surface area contributed by atoms with E-state index in [9.17, 15) is 0 Å². The van der Waals surface area contributed by atoms with Crippen molar-refractivity contribution in [3.63, 3.8) is 0 Å². The summed E-state index contributed by atoms with van der Waals surface area (Å²) in [6.07, 6.45) is 10.0. The number of nitrogens with zero attached hydrogens (tertiary/aromatic N) is 2. The summed E-state index contributed by atoms with van der Waals surface area (Å²) in [4.78, 5) is 6.47. The molecule has 1 aliphatic rings. The smallest absolute Gasteiger partial charge is 0.0270 e. The largest absolute Gasteiger partial charge is 0.327 e. The van der Waals surface area contributed by atoms with Gasteiger partial charge in [-0.3, -0.25) is 4.98 Å². The first-order valence-corrected chi connectivity index (χ1v) is 7.09. The van der Waals surface area contributed by atoms with Crippen LogP contribution < -0.4 is 5.73 Å². The van der Waals surface area contributed by atoms with Crippen LogP contribution in [0.25, 0.3) is 0 Å². The van der Waals surface area contributed by atoms with Crippen molar-refractivity contribution < 1.29 is 0 Å². The number of hydrogen-bond acceptors (Lipinski definition) is 3. The molecule has 3 heteroatoms. The average molecular weight is 247 g/mol. The number of nitrogens with two attached hydrogens (primary N) is 1. The first kappa shape index (κ1) is 13.5. The molecule has 0 amide bonds. The molecule has 0 aromatic carbocycles. The van der Waals surface area contributed by atoms with Gasteiger partial charge in [0.15, 0.2) is 0 Å². The van der Waals surface area contributed by atoms with Gasteiger partial charge in [-0.05, 0) is 49.9 Å². The zero-order valence-corrected chi connectivity index (χ0v) is 11.4. The van der Waals surface area contributed by atoms with Crippen molar-refractivity contribution >= 4 is 0 Å². The van der Waals surface area contributed by atoms with Gasteiger partial charge in [0, 0.05) is 31.5 Å². The van der Waals surface area contributed by atoms with Crippen LogP contribution in [0.2, 0.25) is 0 Å². The highest BCUT2D eigenvalue weighted by atomic mass is 15.1. The number of hydrogen-bond donors (Lipinski definition) is 1. The standard InChI is InChI=1S/C15H25N3/c1-18(11-8-13-6-9-17-10-7-13)12-14-4-2-3-5-15(14)16/h6-7,9-10,14-15H,2-5,8,11-12,16H2,1H3. The van der Waals surface area contributed by atoms with E-state index in [0.717, 1.165) is 19.5 Å². The van der Waals surface area contributed by atoms with Crippen LogP contribution >= 0.6 is 0 Å². The number of likely N-dealkylation sites (N-methyl/N-ethyl adjacent to an activating group) is 1. The molecule has 0 aliphatic heterocycles. The lowest BCUT2D eigenvalue weighted by Crippen LogP contribution is -2.40. The van der Waals surface area contributed by atoms with Gasteiger partial charge in [-0.2, -0.15) is 0 Å². The van der Waals surface area contributed by atoms with Gasteiger partial charge in [0.2, 0.25) is 0 Å².